The standard InChI is InChI=1S/C36H58O4SSi2/c1-14-26(18-17-23-36(37,15-2)16-3)31-22-20-28(41-31)25-38-27-19-21-29(32(34(4,5)6)39-42(10)11)30(24-27)33(35(7,8)9)40-43(12)13/h17-24,32-33,37H,14-16,25H2,1-13H3/b23-17+,26-18+. The highest BCUT2D eigenvalue weighted by Crippen LogP contribution is 2.46. The number of hydrogen-bond acceptors (Lipinski definition) is 5. The van der Waals surface area contributed by atoms with Gasteiger partial charge in [-0.15, -0.1) is 11.3 Å². The smallest absolute Gasteiger partial charge is 0.205 e. The van der Waals surface area contributed by atoms with Gasteiger partial charge in [0.05, 0.1) is 17.8 Å². The maximum absolute atomic E-state index is 10.6. The molecule has 0 aliphatic rings. The molecule has 2 atom stereocenters. The molecule has 1 N–H and O–H groups in total. The van der Waals surface area contributed by atoms with E-state index in [9.17, 15) is 5.11 Å². The van der Waals surface area contributed by atoms with E-state index in [1.807, 2.05) is 26.0 Å². The summed E-state index contributed by atoms with van der Waals surface area (Å²) < 4.78 is 19.8. The first-order chi connectivity index (χ1) is 19.9. The zero-order valence-electron chi connectivity index (χ0n) is 29.2. The van der Waals surface area contributed by atoms with E-state index in [4.69, 9.17) is 13.6 Å². The molecule has 2 aromatic rings. The van der Waals surface area contributed by atoms with Gasteiger partial charge in [-0.1, -0.05) is 86.6 Å². The molecule has 0 aliphatic carbocycles. The van der Waals surface area contributed by atoms with Crippen LogP contribution in [0.5, 0.6) is 5.75 Å². The van der Waals surface area contributed by atoms with Crippen LogP contribution in [0.3, 0.4) is 0 Å². The van der Waals surface area contributed by atoms with Gasteiger partial charge in [0.25, 0.3) is 0 Å². The Hall–Kier alpha value is -1.49. The molecule has 4 nitrogen and oxygen atoms in total. The molecule has 2 unspecified atom stereocenters. The lowest BCUT2D eigenvalue weighted by Gasteiger charge is -2.39. The predicted molar refractivity (Wildman–Crippen MR) is 190 cm³/mol. The van der Waals surface area contributed by atoms with E-state index in [0.29, 0.717) is 19.4 Å². The van der Waals surface area contributed by atoms with Crippen LogP contribution in [-0.2, 0) is 15.5 Å². The maximum Gasteiger partial charge on any atom is 0.205 e. The van der Waals surface area contributed by atoms with Gasteiger partial charge in [-0.2, -0.15) is 0 Å². The van der Waals surface area contributed by atoms with Crippen LogP contribution < -0.4 is 4.74 Å². The molecule has 0 saturated heterocycles. The van der Waals surface area contributed by atoms with Crippen molar-refractivity contribution in [3.63, 3.8) is 0 Å². The Morgan fingerprint density at radius 2 is 1.40 bits per heavy atom. The topological polar surface area (TPSA) is 47.9 Å². The van der Waals surface area contributed by atoms with Crippen molar-refractivity contribution in [1.29, 1.82) is 0 Å². The zero-order chi connectivity index (χ0) is 32.6. The van der Waals surface area contributed by atoms with Crippen LogP contribution in [0.2, 0.25) is 26.2 Å². The number of ether oxygens (including phenoxy) is 1. The number of allylic oxidation sites excluding steroid dienone is 3. The Morgan fingerprint density at radius 3 is 1.88 bits per heavy atom. The van der Waals surface area contributed by atoms with Crippen molar-refractivity contribution in [3.8, 4) is 5.75 Å². The highest BCUT2D eigenvalue weighted by Gasteiger charge is 2.36. The van der Waals surface area contributed by atoms with Crippen molar-refractivity contribution >= 4 is 35.0 Å². The largest absolute Gasteiger partial charge is 0.488 e. The van der Waals surface area contributed by atoms with Crippen LogP contribution in [0.15, 0.2) is 48.6 Å². The number of aliphatic hydroxyl groups is 1. The van der Waals surface area contributed by atoms with Crippen LogP contribution in [-0.4, -0.2) is 28.8 Å². The second kappa shape index (κ2) is 16.2. The molecular formula is C36H58O4SSi2. The van der Waals surface area contributed by atoms with Gasteiger partial charge >= 0.3 is 0 Å². The Kier molecular flexibility index (Phi) is 14.2. The molecule has 1 heterocycles. The second-order valence-electron chi connectivity index (χ2n) is 14.1. The highest BCUT2D eigenvalue weighted by molar-refractivity contribution is 7.13. The lowest BCUT2D eigenvalue weighted by atomic mass is 9.77. The summed E-state index contributed by atoms with van der Waals surface area (Å²) in [4.78, 5) is 2.42. The van der Waals surface area contributed by atoms with E-state index in [0.717, 1.165) is 12.2 Å². The van der Waals surface area contributed by atoms with E-state index < -0.39 is 23.7 Å². The quantitative estimate of drug-likeness (QED) is 0.155. The molecular weight excluding hydrogens is 585 g/mol. The minimum Gasteiger partial charge on any atom is -0.488 e. The van der Waals surface area contributed by atoms with Gasteiger partial charge in [0.15, 0.2) is 0 Å². The molecule has 1 aromatic heterocycles. The van der Waals surface area contributed by atoms with Crippen molar-refractivity contribution in [1.82, 2.24) is 0 Å². The molecule has 240 valence electrons. The molecule has 0 fully saturated rings. The average molecular weight is 643 g/mol. The van der Waals surface area contributed by atoms with E-state index in [1.165, 1.54) is 26.5 Å². The van der Waals surface area contributed by atoms with Crippen molar-refractivity contribution in [2.45, 2.75) is 132 Å². The van der Waals surface area contributed by atoms with Gasteiger partial charge in [-0.05, 0) is 97.2 Å². The molecule has 0 spiro atoms. The molecule has 0 amide bonds. The Bertz CT molecular complexity index is 1200. The van der Waals surface area contributed by atoms with Crippen molar-refractivity contribution in [3.05, 3.63) is 69.4 Å². The zero-order valence-corrected chi connectivity index (χ0v) is 32.0. The first-order valence-corrected chi connectivity index (χ1v) is 21.5. The van der Waals surface area contributed by atoms with Crippen LogP contribution in [0.4, 0.5) is 0 Å². The number of hydrogen-bond donors (Lipinski definition) is 1. The lowest BCUT2D eigenvalue weighted by molar-refractivity contribution is 0.0653. The molecule has 0 aliphatic heterocycles. The van der Waals surface area contributed by atoms with Crippen LogP contribution in [0.1, 0.15) is 115 Å². The van der Waals surface area contributed by atoms with E-state index in [-0.39, 0.29) is 23.0 Å². The van der Waals surface area contributed by atoms with Gasteiger partial charge in [0.2, 0.25) is 18.1 Å². The summed E-state index contributed by atoms with van der Waals surface area (Å²) >= 11 is 1.77. The van der Waals surface area contributed by atoms with Crippen LogP contribution in [0.25, 0.3) is 5.57 Å². The number of thiophene rings is 1. The third-order valence-corrected chi connectivity index (χ3v) is 10.1. The van der Waals surface area contributed by atoms with Crippen molar-refractivity contribution in [2.24, 2.45) is 10.8 Å². The second-order valence-corrected chi connectivity index (χ2v) is 19.4. The van der Waals surface area contributed by atoms with Crippen LogP contribution in [0, 0.1) is 10.8 Å². The fraction of sp³-hybridized carbons (Fsp3) is 0.611. The first kappa shape index (κ1) is 37.7. The van der Waals surface area contributed by atoms with Gasteiger partial charge in [-0.25, -0.2) is 0 Å². The average Bonchev–Trinajstić information content (AvgIpc) is 3.39. The van der Waals surface area contributed by atoms with E-state index in [1.54, 1.807) is 11.3 Å². The summed E-state index contributed by atoms with van der Waals surface area (Å²) in [7, 11) is -1.88. The molecule has 0 saturated carbocycles. The number of benzene rings is 1. The lowest BCUT2D eigenvalue weighted by Crippen LogP contribution is -2.31. The van der Waals surface area contributed by atoms with Crippen molar-refractivity contribution < 1.29 is 18.7 Å². The summed E-state index contributed by atoms with van der Waals surface area (Å²) in [6.45, 7) is 29.1. The Labute approximate surface area is 271 Å². The SMILES string of the molecule is CC/C(=C\C=C\C(O)(CC)CC)c1ccc(COc2ccc(C(O[Si](C)C)C(C)(C)C)c(C(O[Si](C)C)C(C)(C)C)c2)s1. The number of rotatable bonds is 15. The molecule has 1 aromatic carbocycles. The first-order valence-electron chi connectivity index (χ1n) is 15.8. The summed E-state index contributed by atoms with van der Waals surface area (Å²) in [6, 6.07) is 10.9. The summed E-state index contributed by atoms with van der Waals surface area (Å²) in [5.41, 5.74) is 2.75. The summed E-state index contributed by atoms with van der Waals surface area (Å²) in [6.07, 6.45) is 8.32. The summed E-state index contributed by atoms with van der Waals surface area (Å²) in [5.74, 6) is 0.853. The fourth-order valence-electron chi connectivity index (χ4n) is 4.98. The van der Waals surface area contributed by atoms with Crippen molar-refractivity contribution in [2.75, 3.05) is 0 Å². The van der Waals surface area contributed by atoms with Crippen LogP contribution >= 0.6 is 11.3 Å². The van der Waals surface area contributed by atoms with Gasteiger partial charge < -0.3 is 18.7 Å². The molecule has 7 heteroatoms. The van der Waals surface area contributed by atoms with E-state index >= 15 is 0 Å². The molecule has 0 bridgehead atoms. The fourth-order valence-corrected chi connectivity index (χ4v) is 7.90. The monoisotopic (exact) mass is 642 g/mol. The molecule has 2 radical (unpaired) electrons. The predicted octanol–water partition coefficient (Wildman–Crippen LogP) is 10.9. The summed E-state index contributed by atoms with van der Waals surface area (Å²) in [5, 5.41) is 10.6. The van der Waals surface area contributed by atoms with Gasteiger partial charge in [0.1, 0.15) is 12.4 Å². The Morgan fingerprint density at radius 1 is 0.837 bits per heavy atom. The van der Waals surface area contributed by atoms with E-state index in [2.05, 4.69) is 111 Å². The minimum atomic E-state index is -0.953. The maximum atomic E-state index is 10.6. The molecule has 2 rings (SSSR count). The third kappa shape index (κ3) is 11.4. The normalized spacial score (nSPS) is 15.1. The molecule has 43 heavy (non-hydrogen) atoms. The third-order valence-electron chi connectivity index (χ3n) is 7.57. The van der Waals surface area contributed by atoms with Gasteiger partial charge in [0, 0.05) is 9.75 Å². The highest BCUT2D eigenvalue weighted by atomic mass is 32.1. The minimum absolute atomic E-state index is 0.0305. The van der Waals surface area contributed by atoms with Gasteiger partial charge in [-0.3, -0.25) is 0 Å². The Balaban J connectivity index is 2.42.